The Morgan fingerprint density at radius 1 is 0.933 bits per heavy atom. The van der Waals surface area contributed by atoms with E-state index in [2.05, 4.69) is 100 Å². The summed E-state index contributed by atoms with van der Waals surface area (Å²) in [6.45, 7) is 24.6. The third-order valence-electron chi connectivity index (χ3n) is 4.89. The Hall–Kier alpha value is 0.214. The zero-order chi connectivity index (χ0) is 21.1. The molecule has 0 saturated heterocycles. The van der Waals surface area contributed by atoms with Crippen molar-refractivity contribution in [2.24, 2.45) is 10.8 Å². The van der Waals surface area contributed by atoms with Crippen molar-refractivity contribution in [1.29, 1.82) is 0 Å². The summed E-state index contributed by atoms with van der Waals surface area (Å²) < 4.78 is 6.68. The van der Waals surface area contributed by atoms with E-state index in [1.54, 1.807) is 0 Å². The number of halogens is 2. The molecule has 0 aromatic rings. The summed E-state index contributed by atoms with van der Waals surface area (Å²) in [5, 5.41) is 0. The van der Waals surface area contributed by atoms with Gasteiger partial charge in [0, 0.05) is 0 Å². The molecule has 0 bridgehead atoms. The fraction of sp³-hybridized carbons (Fsp3) is 0.654. The monoisotopic (exact) mass is 488 g/mol. The second kappa shape index (κ2) is 13.1. The van der Waals surface area contributed by atoms with Crippen LogP contribution in [-0.4, -0.2) is 11.2 Å². The van der Waals surface area contributed by atoms with E-state index in [0.29, 0.717) is 0 Å². The van der Waals surface area contributed by atoms with Gasteiger partial charge in [-0.25, -0.2) is 12.2 Å². The summed E-state index contributed by atoms with van der Waals surface area (Å²) in [5.41, 5.74) is 2.62. The Balaban J connectivity index is -0.000000796. The average molecular weight is 489 g/mol. The van der Waals surface area contributed by atoms with Crippen molar-refractivity contribution in [1.82, 2.24) is 0 Å². The summed E-state index contributed by atoms with van der Waals surface area (Å²) in [7, 11) is 0. The Morgan fingerprint density at radius 3 is 1.73 bits per heavy atom. The van der Waals surface area contributed by atoms with E-state index in [4.69, 9.17) is 4.74 Å². The van der Waals surface area contributed by atoms with Crippen molar-refractivity contribution < 1.29 is 51.3 Å². The van der Waals surface area contributed by atoms with Crippen molar-refractivity contribution in [2.75, 3.05) is 0 Å². The molecule has 1 unspecified atom stereocenters. The molecule has 170 valence electrons. The molecule has 0 saturated carbocycles. The van der Waals surface area contributed by atoms with Gasteiger partial charge in [-0.1, -0.05) is 59.3 Å². The van der Waals surface area contributed by atoms with E-state index in [-0.39, 0.29) is 68.6 Å². The third kappa shape index (κ3) is 10.2. The van der Waals surface area contributed by atoms with Gasteiger partial charge in [0.2, 0.25) is 0 Å². The first kappa shape index (κ1) is 34.8. The van der Waals surface area contributed by atoms with E-state index in [0.717, 1.165) is 12.8 Å². The van der Waals surface area contributed by atoms with E-state index in [1.807, 2.05) is 12.2 Å². The molecule has 4 heteroatoms. The fourth-order valence-corrected chi connectivity index (χ4v) is 3.57. The molecule has 0 aromatic heterocycles. The quantitative estimate of drug-likeness (QED) is 0.425. The first-order valence-corrected chi connectivity index (χ1v) is 10.3. The molecule has 2 aliphatic carbocycles. The Bertz CT molecular complexity index is 613. The minimum absolute atomic E-state index is 0. The topological polar surface area (TPSA) is 9.23 Å². The minimum atomic E-state index is -0.286. The number of hydrogen-bond acceptors (Lipinski definition) is 1. The van der Waals surface area contributed by atoms with E-state index in [1.165, 1.54) is 17.1 Å². The predicted molar refractivity (Wildman–Crippen MR) is 119 cm³/mol. The smallest absolute Gasteiger partial charge is 1.00 e. The number of allylic oxidation sites excluding steroid dienone is 6. The summed E-state index contributed by atoms with van der Waals surface area (Å²) in [5.74, 6) is 1.34. The van der Waals surface area contributed by atoms with Gasteiger partial charge in [0.05, 0.1) is 5.60 Å². The molecule has 2 rings (SSSR count). The minimum Gasteiger partial charge on any atom is -1.00 e. The maximum Gasteiger partial charge on any atom is 4.00 e. The van der Waals surface area contributed by atoms with Crippen LogP contribution < -0.4 is 24.8 Å². The van der Waals surface area contributed by atoms with Gasteiger partial charge in [-0.05, 0) is 49.2 Å². The molecular formula is C26H42Cl2OTi. The Kier molecular flexibility index (Phi) is 15.1. The normalized spacial score (nSPS) is 20.8. The molecule has 0 amide bonds. The van der Waals surface area contributed by atoms with Crippen molar-refractivity contribution in [3.63, 3.8) is 0 Å². The molecule has 0 fully saturated rings. The molecule has 1 nitrogen and oxygen atoms in total. The van der Waals surface area contributed by atoms with Crippen LogP contribution in [0, 0.1) is 22.8 Å². The van der Waals surface area contributed by atoms with Crippen molar-refractivity contribution in [3.05, 3.63) is 53.5 Å². The number of rotatable bonds is 2. The SMILES string of the molecule is C[C-](C)C1(OC(C)(C)C)CC=C(C(C)(C)C)C=C1C(C)(C)C.[C-]1=CC=CC1.[Cl-].[Cl-].[Ti+4]. The average Bonchev–Trinajstić information content (AvgIpc) is 3.02. The van der Waals surface area contributed by atoms with Crippen LogP contribution in [0.5, 0.6) is 0 Å². The van der Waals surface area contributed by atoms with Crippen LogP contribution >= 0.6 is 0 Å². The van der Waals surface area contributed by atoms with E-state index in [9.17, 15) is 0 Å². The number of hydrogen-bond donors (Lipinski definition) is 0. The third-order valence-corrected chi connectivity index (χ3v) is 4.89. The Morgan fingerprint density at radius 2 is 1.47 bits per heavy atom. The molecule has 0 aromatic carbocycles. The van der Waals surface area contributed by atoms with Crippen LogP contribution in [-0.2, 0) is 26.5 Å². The summed E-state index contributed by atoms with van der Waals surface area (Å²) in [6, 6.07) is 0. The van der Waals surface area contributed by atoms with Crippen LogP contribution in [0.15, 0.2) is 41.5 Å². The molecule has 0 aliphatic heterocycles. The zero-order valence-corrected chi connectivity index (χ0v) is 24.0. The van der Waals surface area contributed by atoms with Gasteiger partial charge in [-0.2, -0.15) is 19.9 Å². The summed E-state index contributed by atoms with van der Waals surface area (Å²) in [4.78, 5) is 0. The molecule has 0 spiro atoms. The summed E-state index contributed by atoms with van der Waals surface area (Å²) in [6.07, 6.45) is 15.7. The van der Waals surface area contributed by atoms with Gasteiger partial charge in [0.15, 0.2) is 0 Å². The maximum atomic E-state index is 6.68. The van der Waals surface area contributed by atoms with Crippen LogP contribution in [0.4, 0.5) is 0 Å². The fourth-order valence-electron chi connectivity index (χ4n) is 3.57. The predicted octanol–water partition coefficient (Wildman–Crippen LogP) is 1.81. The standard InChI is InChI=1S/C21H37O.C5H5.2ClH.Ti/c1-15(2)21(22-20(9,10)11)13-12-16(18(3,4)5)14-17(21)19(6,7)8;1-2-4-5-3-1;;;/h12,14H,13H2,1-11H3;1-3H,4H2;2*1H;/q2*-1;;;+4/p-2. The molecule has 30 heavy (non-hydrogen) atoms. The molecule has 0 heterocycles. The summed E-state index contributed by atoms with van der Waals surface area (Å²) >= 11 is 0. The molecule has 0 radical (unpaired) electrons. The first-order chi connectivity index (χ1) is 12.1. The van der Waals surface area contributed by atoms with Crippen LogP contribution in [0.25, 0.3) is 0 Å². The zero-order valence-electron chi connectivity index (χ0n) is 21.0. The number of ether oxygens (including phenoxy) is 1. The largest absolute Gasteiger partial charge is 4.00 e. The second-order valence-electron chi connectivity index (χ2n) is 11.0. The van der Waals surface area contributed by atoms with Gasteiger partial charge in [-0.3, -0.25) is 12.0 Å². The van der Waals surface area contributed by atoms with Gasteiger partial charge < -0.3 is 29.6 Å². The first-order valence-electron chi connectivity index (χ1n) is 10.3. The molecule has 1 atom stereocenters. The Labute approximate surface area is 215 Å². The van der Waals surface area contributed by atoms with Gasteiger partial charge in [-0.15, -0.1) is 6.42 Å². The van der Waals surface area contributed by atoms with Crippen LogP contribution in [0.3, 0.4) is 0 Å². The van der Waals surface area contributed by atoms with Crippen molar-refractivity contribution in [3.8, 4) is 0 Å². The van der Waals surface area contributed by atoms with Gasteiger partial charge in [0.25, 0.3) is 0 Å². The van der Waals surface area contributed by atoms with Crippen molar-refractivity contribution in [2.45, 2.75) is 100 Å². The molecule has 2 aliphatic rings. The maximum absolute atomic E-state index is 6.68. The van der Waals surface area contributed by atoms with E-state index < -0.39 is 0 Å². The van der Waals surface area contributed by atoms with Crippen LogP contribution in [0.2, 0.25) is 0 Å². The van der Waals surface area contributed by atoms with E-state index >= 15 is 0 Å². The molecular weight excluding hydrogens is 447 g/mol. The van der Waals surface area contributed by atoms with Crippen LogP contribution in [0.1, 0.15) is 89.0 Å². The molecule has 0 N–H and O–H groups in total. The van der Waals surface area contributed by atoms with Gasteiger partial charge >= 0.3 is 21.7 Å². The van der Waals surface area contributed by atoms with Crippen molar-refractivity contribution >= 4 is 0 Å². The van der Waals surface area contributed by atoms with Gasteiger partial charge in [0.1, 0.15) is 0 Å². The second-order valence-corrected chi connectivity index (χ2v) is 11.0.